The number of aromatic nitrogens is 4. The lowest BCUT2D eigenvalue weighted by Crippen LogP contribution is -1.99. The molecule has 0 aromatic carbocycles. The van der Waals surface area contributed by atoms with E-state index in [-0.39, 0.29) is 5.78 Å². The molecular formula is C17H10N4OS5. The standard InChI is InChI=1S/C17H10N4OS5/c1-5-18-9-11(22)10-13(12(9)23-5)25-7(20-10)3-4-8-21-17-15(26-8)14-16(27-17)19-6(2)24-14/h3-4H2,1-2H3. The summed E-state index contributed by atoms with van der Waals surface area (Å²) in [6.45, 7) is 3.98. The largest absolute Gasteiger partial charge is 0.285 e. The zero-order valence-corrected chi connectivity index (χ0v) is 18.2. The van der Waals surface area contributed by atoms with Gasteiger partial charge in [0.05, 0.1) is 39.2 Å². The molecule has 10 heteroatoms. The first kappa shape index (κ1) is 16.4. The first-order valence-electron chi connectivity index (χ1n) is 8.24. The molecular weight excluding hydrogens is 437 g/mol. The number of ketones is 1. The van der Waals surface area contributed by atoms with Crippen LogP contribution in [0.4, 0.5) is 0 Å². The summed E-state index contributed by atoms with van der Waals surface area (Å²) in [5.41, 5.74) is 1.17. The van der Waals surface area contributed by atoms with Crippen LogP contribution in [0, 0.1) is 13.8 Å². The quantitative estimate of drug-likeness (QED) is 0.359. The van der Waals surface area contributed by atoms with E-state index in [2.05, 4.69) is 15.0 Å². The maximum atomic E-state index is 12.5. The molecule has 1 aliphatic rings. The molecule has 0 radical (unpaired) electrons. The highest BCUT2D eigenvalue weighted by molar-refractivity contribution is 7.37. The fourth-order valence-electron chi connectivity index (χ4n) is 3.22. The van der Waals surface area contributed by atoms with Crippen LogP contribution < -0.4 is 0 Å². The van der Waals surface area contributed by atoms with Gasteiger partial charge >= 0.3 is 0 Å². The van der Waals surface area contributed by atoms with Crippen molar-refractivity contribution in [2.75, 3.05) is 0 Å². The predicted octanol–water partition coefficient (Wildman–Crippen LogP) is 5.49. The summed E-state index contributed by atoms with van der Waals surface area (Å²) in [5, 5.41) is 4.16. The minimum Gasteiger partial charge on any atom is -0.285 e. The lowest BCUT2D eigenvalue weighted by molar-refractivity contribution is 0.103. The molecule has 0 fully saturated rings. The second-order valence-corrected chi connectivity index (χ2v) is 11.8. The van der Waals surface area contributed by atoms with Gasteiger partial charge in [0, 0.05) is 12.8 Å². The van der Waals surface area contributed by atoms with E-state index in [0.29, 0.717) is 11.4 Å². The number of hydrogen-bond acceptors (Lipinski definition) is 10. The van der Waals surface area contributed by atoms with E-state index >= 15 is 0 Å². The molecule has 0 N–H and O–H groups in total. The molecule has 5 aromatic heterocycles. The Hall–Kier alpha value is -1.59. The van der Waals surface area contributed by atoms with E-state index in [1.54, 1.807) is 56.7 Å². The lowest BCUT2D eigenvalue weighted by atomic mass is 10.3. The minimum atomic E-state index is -0.0235. The number of fused-ring (bicyclic) bond motifs is 6. The molecule has 0 atom stereocenters. The summed E-state index contributed by atoms with van der Waals surface area (Å²) in [4.78, 5) is 35.0. The summed E-state index contributed by atoms with van der Waals surface area (Å²) >= 11 is 8.39. The molecule has 5 nitrogen and oxygen atoms in total. The highest BCUT2D eigenvalue weighted by Crippen LogP contribution is 2.44. The van der Waals surface area contributed by atoms with Gasteiger partial charge in [0.1, 0.15) is 21.0 Å². The SMILES string of the molecule is Cc1nc2c(s1)-c1sc(CCc3nc4sc5nc(C)sc5c4s3)nc1C2=O. The van der Waals surface area contributed by atoms with Crippen LogP contribution in [-0.4, -0.2) is 25.7 Å². The van der Waals surface area contributed by atoms with Crippen molar-refractivity contribution in [2.24, 2.45) is 0 Å². The Balaban J connectivity index is 1.29. The van der Waals surface area contributed by atoms with Crippen molar-refractivity contribution < 1.29 is 4.79 Å². The molecule has 1 aliphatic carbocycles. The summed E-state index contributed by atoms with van der Waals surface area (Å²) in [5.74, 6) is -0.0235. The second-order valence-electron chi connectivity index (χ2n) is 6.24. The molecule has 0 bridgehead atoms. The van der Waals surface area contributed by atoms with E-state index < -0.39 is 0 Å². The maximum Gasteiger partial charge on any atom is 0.232 e. The van der Waals surface area contributed by atoms with Gasteiger partial charge in [0.25, 0.3) is 0 Å². The highest BCUT2D eigenvalue weighted by atomic mass is 32.1. The van der Waals surface area contributed by atoms with Gasteiger partial charge in [-0.1, -0.05) is 11.3 Å². The third kappa shape index (κ3) is 2.40. The van der Waals surface area contributed by atoms with E-state index in [1.165, 1.54) is 9.40 Å². The van der Waals surface area contributed by atoms with Gasteiger partial charge in [-0.05, 0) is 13.8 Å². The summed E-state index contributed by atoms with van der Waals surface area (Å²) < 4.78 is 2.53. The topological polar surface area (TPSA) is 68.6 Å². The highest BCUT2D eigenvalue weighted by Gasteiger charge is 2.34. The zero-order chi connectivity index (χ0) is 18.3. The zero-order valence-electron chi connectivity index (χ0n) is 14.2. The van der Waals surface area contributed by atoms with Gasteiger partial charge in [-0.2, -0.15) is 0 Å². The van der Waals surface area contributed by atoms with Gasteiger partial charge in [-0.15, -0.1) is 45.3 Å². The molecule has 0 spiro atoms. The Morgan fingerprint density at radius 2 is 1.30 bits per heavy atom. The third-order valence-electron chi connectivity index (χ3n) is 4.34. The second kappa shape index (κ2) is 5.71. The van der Waals surface area contributed by atoms with E-state index in [9.17, 15) is 4.79 Å². The molecule has 134 valence electrons. The van der Waals surface area contributed by atoms with Gasteiger partial charge in [0.2, 0.25) is 5.78 Å². The van der Waals surface area contributed by atoms with Crippen LogP contribution in [0.25, 0.3) is 28.8 Å². The van der Waals surface area contributed by atoms with Crippen molar-refractivity contribution in [3.8, 4) is 9.75 Å². The van der Waals surface area contributed by atoms with Crippen molar-refractivity contribution in [1.29, 1.82) is 0 Å². The van der Waals surface area contributed by atoms with Crippen molar-refractivity contribution >= 4 is 81.5 Å². The number of carbonyl (C=O) groups excluding carboxylic acids is 1. The molecule has 27 heavy (non-hydrogen) atoms. The van der Waals surface area contributed by atoms with Crippen LogP contribution in [0.2, 0.25) is 0 Å². The Morgan fingerprint density at radius 3 is 2.15 bits per heavy atom. The van der Waals surface area contributed by atoms with Crippen LogP contribution >= 0.6 is 56.7 Å². The maximum absolute atomic E-state index is 12.5. The average molecular weight is 447 g/mol. The summed E-state index contributed by atoms with van der Waals surface area (Å²) in [6.07, 6.45) is 1.66. The van der Waals surface area contributed by atoms with Gasteiger partial charge < -0.3 is 0 Å². The van der Waals surface area contributed by atoms with E-state index in [0.717, 1.165) is 52.3 Å². The predicted molar refractivity (Wildman–Crippen MR) is 114 cm³/mol. The monoisotopic (exact) mass is 446 g/mol. The fraction of sp³-hybridized carbons (Fsp3) is 0.235. The lowest BCUT2D eigenvalue weighted by Gasteiger charge is -1.93. The molecule has 5 heterocycles. The molecule has 0 saturated heterocycles. The summed E-state index contributed by atoms with van der Waals surface area (Å²) in [6, 6.07) is 0. The van der Waals surface area contributed by atoms with Crippen molar-refractivity contribution in [1.82, 2.24) is 19.9 Å². The van der Waals surface area contributed by atoms with Crippen molar-refractivity contribution in [3.05, 3.63) is 31.4 Å². The van der Waals surface area contributed by atoms with Gasteiger partial charge in [0.15, 0.2) is 0 Å². The number of hydrogen-bond donors (Lipinski definition) is 0. The number of rotatable bonds is 3. The first-order valence-corrected chi connectivity index (χ1v) is 12.3. The van der Waals surface area contributed by atoms with Crippen LogP contribution in [0.5, 0.6) is 0 Å². The number of thiazole rings is 4. The van der Waals surface area contributed by atoms with Gasteiger partial charge in [-0.25, -0.2) is 19.9 Å². The third-order valence-corrected chi connectivity index (χ3v) is 10.1. The van der Waals surface area contributed by atoms with Crippen LogP contribution in [-0.2, 0) is 12.8 Å². The van der Waals surface area contributed by atoms with Crippen LogP contribution in [0.15, 0.2) is 0 Å². The summed E-state index contributed by atoms with van der Waals surface area (Å²) in [7, 11) is 0. The van der Waals surface area contributed by atoms with Crippen molar-refractivity contribution in [2.45, 2.75) is 26.7 Å². The average Bonchev–Trinajstić information content (AvgIpc) is 3.39. The van der Waals surface area contributed by atoms with E-state index in [1.807, 2.05) is 13.8 Å². The molecule has 0 aliphatic heterocycles. The molecule has 5 aromatic rings. The minimum absolute atomic E-state index is 0.0235. The smallest absolute Gasteiger partial charge is 0.232 e. The fourth-order valence-corrected chi connectivity index (χ4v) is 8.89. The first-order chi connectivity index (χ1) is 13.1. The molecule has 0 amide bonds. The van der Waals surface area contributed by atoms with E-state index in [4.69, 9.17) is 4.98 Å². The van der Waals surface area contributed by atoms with Crippen molar-refractivity contribution in [3.63, 3.8) is 0 Å². The Bertz CT molecular complexity index is 1380. The number of nitrogens with zero attached hydrogens (tertiary/aromatic N) is 4. The Morgan fingerprint density at radius 1 is 0.667 bits per heavy atom. The van der Waals surface area contributed by atoms with Crippen LogP contribution in [0.3, 0.4) is 0 Å². The molecule has 0 saturated carbocycles. The Kier molecular flexibility index (Phi) is 3.46. The normalized spacial score (nSPS) is 13.2. The molecule has 6 rings (SSSR count). The number of aryl methyl sites for hydroxylation is 4. The Labute approximate surface area is 173 Å². The van der Waals surface area contributed by atoms with Crippen LogP contribution in [0.1, 0.15) is 36.2 Å². The molecule has 0 unspecified atom stereocenters. The number of carbonyl (C=O) groups is 1. The number of thiophene rings is 1. The van der Waals surface area contributed by atoms with Gasteiger partial charge in [-0.3, -0.25) is 4.79 Å².